The van der Waals surface area contributed by atoms with Crippen molar-refractivity contribution < 1.29 is 9.72 Å². The Morgan fingerprint density at radius 1 is 1.48 bits per heavy atom. The predicted octanol–water partition coefficient (Wildman–Crippen LogP) is 2.82. The third kappa shape index (κ3) is 3.63. The molecule has 2 aromatic rings. The average molecular weight is 314 g/mol. The topological polar surface area (TPSA) is 81.3 Å². The molecule has 1 aromatic heterocycles. The standard InChI is InChI=1S/C16H18N4O3/c1-4-18(10-12(2)3)16(21)13-5-6-14(15(9-13)20(22)23)19-8-7-17-11-19/h5-9,11H,2,4,10H2,1,3H3. The second-order valence-corrected chi connectivity index (χ2v) is 5.21. The number of nitro groups is 1. The van der Waals surface area contributed by atoms with Crippen LogP contribution in [0, 0.1) is 10.1 Å². The highest BCUT2D eigenvalue weighted by Gasteiger charge is 2.21. The summed E-state index contributed by atoms with van der Waals surface area (Å²) in [7, 11) is 0. The summed E-state index contributed by atoms with van der Waals surface area (Å²) in [5, 5.41) is 11.3. The number of rotatable bonds is 6. The van der Waals surface area contributed by atoms with Gasteiger partial charge in [0.2, 0.25) is 0 Å². The molecule has 1 heterocycles. The largest absolute Gasteiger partial charge is 0.335 e. The fourth-order valence-corrected chi connectivity index (χ4v) is 2.26. The normalized spacial score (nSPS) is 10.3. The van der Waals surface area contributed by atoms with E-state index in [1.807, 2.05) is 13.8 Å². The molecule has 0 aliphatic rings. The van der Waals surface area contributed by atoms with Gasteiger partial charge in [0.15, 0.2) is 0 Å². The fraction of sp³-hybridized carbons (Fsp3) is 0.250. The highest BCUT2D eigenvalue weighted by molar-refractivity contribution is 5.95. The summed E-state index contributed by atoms with van der Waals surface area (Å²) in [5.74, 6) is -0.254. The number of benzene rings is 1. The summed E-state index contributed by atoms with van der Waals surface area (Å²) in [6.07, 6.45) is 4.63. The van der Waals surface area contributed by atoms with E-state index in [-0.39, 0.29) is 17.2 Å². The van der Waals surface area contributed by atoms with Crippen LogP contribution in [0.5, 0.6) is 0 Å². The molecule has 0 spiro atoms. The molecule has 2 rings (SSSR count). The third-order valence-corrected chi connectivity index (χ3v) is 3.33. The van der Waals surface area contributed by atoms with Gasteiger partial charge in [-0.15, -0.1) is 0 Å². The van der Waals surface area contributed by atoms with Crippen LogP contribution in [0.15, 0.2) is 49.1 Å². The molecule has 0 unspecified atom stereocenters. The van der Waals surface area contributed by atoms with E-state index in [9.17, 15) is 14.9 Å². The first-order chi connectivity index (χ1) is 10.9. The van der Waals surface area contributed by atoms with Crippen LogP contribution >= 0.6 is 0 Å². The van der Waals surface area contributed by atoms with E-state index >= 15 is 0 Å². The first kappa shape index (κ1) is 16.4. The van der Waals surface area contributed by atoms with Crippen molar-refractivity contribution in [3.63, 3.8) is 0 Å². The van der Waals surface area contributed by atoms with Crippen molar-refractivity contribution in [3.8, 4) is 5.69 Å². The Labute approximate surface area is 134 Å². The summed E-state index contributed by atoms with van der Waals surface area (Å²) in [6.45, 7) is 8.42. The molecule has 23 heavy (non-hydrogen) atoms. The van der Waals surface area contributed by atoms with Gasteiger partial charge in [-0.25, -0.2) is 4.98 Å². The van der Waals surface area contributed by atoms with Crippen LogP contribution in [0.1, 0.15) is 24.2 Å². The second kappa shape index (κ2) is 6.87. The van der Waals surface area contributed by atoms with Crippen LogP contribution in [0.25, 0.3) is 5.69 Å². The van der Waals surface area contributed by atoms with Gasteiger partial charge >= 0.3 is 0 Å². The van der Waals surface area contributed by atoms with Gasteiger partial charge in [0.05, 0.1) is 11.3 Å². The zero-order valence-corrected chi connectivity index (χ0v) is 13.1. The molecule has 0 N–H and O–H groups in total. The van der Waals surface area contributed by atoms with Gasteiger partial charge in [-0.2, -0.15) is 0 Å². The number of hydrogen-bond acceptors (Lipinski definition) is 4. The van der Waals surface area contributed by atoms with E-state index < -0.39 is 4.92 Å². The number of amides is 1. The van der Waals surface area contributed by atoms with Crippen LogP contribution in [-0.4, -0.2) is 38.4 Å². The van der Waals surface area contributed by atoms with Crippen molar-refractivity contribution in [1.29, 1.82) is 0 Å². The van der Waals surface area contributed by atoms with E-state index in [4.69, 9.17) is 0 Å². The zero-order chi connectivity index (χ0) is 17.0. The first-order valence-electron chi connectivity index (χ1n) is 7.14. The molecule has 0 aliphatic carbocycles. The highest BCUT2D eigenvalue weighted by atomic mass is 16.6. The van der Waals surface area contributed by atoms with Crippen LogP contribution in [0.4, 0.5) is 5.69 Å². The van der Waals surface area contributed by atoms with Crippen LogP contribution < -0.4 is 0 Å². The van der Waals surface area contributed by atoms with Gasteiger partial charge in [-0.1, -0.05) is 12.2 Å². The summed E-state index contributed by atoms with van der Waals surface area (Å²) < 4.78 is 1.54. The molecule has 0 aliphatic heterocycles. The molecule has 120 valence electrons. The lowest BCUT2D eigenvalue weighted by Gasteiger charge is -2.21. The molecule has 0 saturated carbocycles. The maximum absolute atomic E-state index is 12.5. The molecular formula is C16H18N4O3. The van der Waals surface area contributed by atoms with Crippen LogP contribution in [0.3, 0.4) is 0 Å². The second-order valence-electron chi connectivity index (χ2n) is 5.21. The number of nitrogens with zero attached hydrogens (tertiary/aromatic N) is 4. The van der Waals surface area contributed by atoms with Crippen molar-refractivity contribution in [3.05, 3.63) is 64.7 Å². The summed E-state index contributed by atoms with van der Waals surface area (Å²) in [4.78, 5) is 28.9. The number of imidazole rings is 1. The quantitative estimate of drug-likeness (QED) is 0.466. The van der Waals surface area contributed by atoms with E-state index in [1.54, 1.807) is 23.2 Å². The Bertz CT molecular complexity index is 738. The Hall–Kier alpha value is -2.96. The number of likely N-dealkylation sites (N-methyl/N-ethyl adjacent to an activating group) is 1. The first-order valence-corrected chi connectivity index (χ1v) is 7.14. The average Bonchev–Trinajstić information content (AvgIpc) is 3.05. The van der Waals surface area contributed by atoms with Gasteiger partial charge in [-0.05, 0) is 26.0 Å². The van der Waals surface area contributed by atoms with Crippen molar-refractivity contribution in [2.24, 2.45) is 0 Å². The number of nitro benzene ring substituents is 1. The third-order valence-electron chi connectivity index (χ3n) is 3.33. The van der Waals surface area contributed by atoms with Gasteiger partial charge in [0.25, 0.3) is 11.6 Å². The van der Waals surface area contributed by atoms with E-state index in [0.717, 1.165) is 5.57 Å². The van der Waals surface area contributed by atoms with Gasteiger partial charge in [0.1, 0.15) is 5.69 Å². The molecule has 7 heteroatoms. The maximum atomic E-state index is 12.5. The summed E-state index contributed by atoms with van der Waals surface area (Å²) in [6, 6.07) is 4.45. The zero-order valence-electron chi connectivity index (χ0n) is 13.1. The molecule has 0 saturated heterocycles. The smallest absolute Gasteiger partial charge is 0.294 e. The van der Waals surface area contributed by atoms with E-state index in [2.05, 4.69) is 11.6 Å². The van der Waals surface area contributed by atoms with Gasteiger partial charge < -0.3 is 9.47 Å². The minimum Gasteiger partial charge on any atom is -0.335 e. The molecule has 0 bridgehead atoms. The minimum absolute atomic E-state index is 0.139. The lowest BCUT2D eigenvalue weighted by atomic mass is 10.1. The molecule has 1 aromatic carbocycles. The molecule has 0 fully saturated rings. The van der Waals surface area contributed by atoms with E-state index in [1.165, 1.54) is 23.2 Å². The molecule has 0 atom stereocenters. The summed E-state index contributed by atoms with van der Waals surface area (Å²) in [5.41, 5.74) is 1.36. The van der Waals surface area contributed by atoms with Crippen molar-refractivity contribution in [1.82, 2.24) is 14.5 Å². The fourth-order valence-electron chi connectivity index (χ4n) is 2.26. The van der Waals surface area contributed by atoms with E-state index in [0.29, 0.717) is 18.8 Å². The minimum atomic E-state index is -0.499. The van der Waals surface area contributed by atoms with Crippen LogP contribution in [0.2, 0.25) is 0 Å². The molecule has 1 amide bonds. The molecular weight excluding hydrogens is 296 g/mol. The molecule has 0 radical (unpaired) electrons. The number of carbonyl (C=O) groups excluding carboxylic acids is 1. The lowest BCUT2D eigenvalue weighted by Crippen LogP contribution is -2.32. The maximum Gasteiger partial charge on any atom is 0.294 e. The highest BCUT2D eigenvalue weighted by Crippen LogP contribution is 2.25. The van der Waals surface area contributed by atoms with Crippen molar-refractivity contribution >= 4 is 11.6 Å². The Balaban J connectivity index is 2.41. The van der Waals surface area contributed by atoms with Crippen LogP contribution in [-0.2, 0) is 0 Å². The Kier molecular flexibility index (Phi) is 4.90. The number of aromatic nitrogens is 2. The Morgan fingerprint density at radius 2 is 2.22 bits per heavy atom. The number of carbonyl (C=O) groups is 1. The van der Waals surface area contributed by atoms with Crippen molar-refractivity contribution in [2.75, 3.05) is 13.1 Å². The SMILES string of the molecule is C=C(C)CN(CC)C(=O)c1ccc(-n2ccnc2)c([N+](=O)[O-])c1. The van der Waals surface area contributed by atoms with Gasteiger partial charge in [0, 0.05) is 37.1 Å². The summed E-state index contributed by atoms with van der Waals surface area (Å²) >= 11 is 0. The monoisotopic (exact) mass is 314 g/mol. The van der Waals surface area contributed by atoms with Crippen molar-refractivity contribution in [2.45, 2.75) is 13.8 Å². The lowest BCUT2D eigenvalue weighted by molar-refractivity contribution is -0.384. The molecule has 7 nitrogen and oxygen atoms in total. The van der Waals surface area contributed by atoms with Gasteiger partial charge in [-0.3, -0.25) is 14.9 Å². The predicted molar refractivity (Wildman–Crippen MR) is 86.6 cm³/mol. The number of hydrogen-bond donors (Lipinski definition) is 0. The Morgan fingerprint density at radius 3 is 2.74 bits per heavy atom.